The van der Waals surface area contributed by atoms with Gasteiger partial charge in [0.1, 0.15) is 6.04 Å². The molecule has 0 spiro atoms. The largest absolute Gasteiger partial charge is 0.467 e. The lowest BCUT2D eigenvalue weighted by molar-refractivity contribution is -0.144. The third kappa shape index (κ3) is 3.92. The van der Waals surface area contributed by atoms with Crippen LogP contribution in [0.5, 0.6) is 0 Å². The first-order valence-corrected chi connectivity index (χ1v) is 3.63. The van der Waals surface area contributed by atoms with Crippen molar-refractivity contribution >= 4 is 11.9 Å². The number of hydrogen-bond donors (Lipinski definition) is 2. The monoisotopic (exact) mass is 174 g/mol. The fourth-order valence-corrected chi connectivity index (χ4v) is 0.689. The number of esters is 1. The number of carbonyl (C=O) groups excluding carboxylic acids is 2. The summed E-state index contributed by atoms with van der Waals surface area (Å²) in [5, 5.41) is 5.12. The van der Waals surface area contributed by atoms with Crippen LogP contribution >= 0.6 is 0 Å². The van der Waals surface area contributed by atoms with Gasteiger partial charge in [-0.05, 0) is 14.0 Å². The van der Waals surface area contributed by atoms with Gasteiger partial charge in [0.2, 0.25) is 5.91 Å². The highest BCUT2D eigenvalue weighted by molar-refractivity contribution is 5.85. The molecule has 0 aromatic heterocycles. The summed E-state index contributed by atoms with van der Waals surface area (Å²) in [5.41, 5.74) is 0. The lowest BCUT2D eigenvalue weighted by atomic mass is 10.3. The minimum absolute atomic E-state index is 0.196. The number of nitrogens with one attached hydrogen (secondary N) is 2. The molecule has 0 aromatic carbocycles. The van der Waals surface area contributed by atoms with Gasteiger partial charge in [-0.3, -0.25) is 4.79 Å². The van der Waals surface area contributed by atoms with E-state index in [1.54, 1.807) is 14.0 Å². The van der Waals surface area contributed by atoms with E-state index in [0.29, 0.717) is 0 Å². The van der Waals surface area contributed by atoms with E-state index >= 15 is 0 Å². The Bertz CT molecular complexity index is 170. The Balaban J connectivity index is 3.75. The first-order valence-electron chi connectivity index (χ1n) is 3.63. The lowest BCUT2D eigenvalue weighted by Gasteiger charge is -2.10. The lowest BCUT2D eigenvalue weighted by Crippen LogP contribution is -2.42. The summed E-state index contributed by atoms with van der Waals surface area (Å²) in [5.74, 6) is -0.671. The fraction of sp³-hybridized carbons (Fsp3) is 0.714. The molecule has 0 aliphatic carbocycles. The van der Waals surface area contributed by atoms with E-state index in [9.17, 15) is 9.59 Å². The number of amides is 1. The summed E-state index contributed by atoms with van der Waals surface area (Å²) in [6.45, 7) is 1.76. The molecule has 0 bridgehead atoms. The maximum Gasteiger partial charge on any atom is 0.328 e. The second-order valence-electron chi connectivity index (χ2n) is 2.34. The molecule has 1 atom stereocenters. The summed E-state index contributed by atoms with van der Waals surface area (Å²) < 4.78 is 4.42. The molecule has 0 fully saturated rings. The second kappa shape index (κ2) is 5.54. The van der Waals surface area contributed by atoms with Crippen LogP contribution in [-0.2, 0) is 14.3 Å². The Hall–Kier alpha value is -1.10. The van der Waals surface area contributed by atoms with Crippen LogP contribution < -0.4 is 10.6 Å². The summed E-state index contributed by atoms with van der Waals surface area (Å²) in [4.78, 5) is 21.7. The van der Waals surface area contributed by atoms with Gasteiger partial charge in [0, 0.05) is 0 Å². The molecule has 0 aromatic rings. The maximum absolute atomic E-state index is 10.9. The predicted molar refractivity (Wildman–Crippen MR) is 43.5 cm³/mol. The zero-order valence-corrected chi connectivity index (χ0v) is 7.51. The molecular weight excluding hydrogens is 160 g/mol. The number of carbonyl (C=O) groups is 2. The summed E-state index contributed by atoms with van der Waals surface area (Å²) in [6.07, 6.45) is 0. The molecule has 2 N–H and O–H groups in total. The van der Waals surface area contributed by atoms with Crippen LogP contribution in [0.1, 0.15) is 6.92 Å². The van der Waals surface area contributed by atoms with Gasteiger partial charge in [-0.1, -0.05) is 0 Å². The smallest absolute Gasteiger partial charge is 0.328 e. The molecule has 0 heterocycles. The van der Waals surface area contributed by atoms with Crippen molar-refractivity contribution in [1.82, 2.24) is 10.6 Å². The van der Waals surface area contributed by atoms with Crippen molar-refractivity contribution < 1.29 is 14.3 Å². The molecule has 1 amide bonds. The van der Waals surface area contributed by atoms with Crippen molar-refractivity contribution in [3.8, 4) is 0 Å². The van der Waals surface area contributed by atoms with Crippen LogP contribution in [0.4, 0.5) is 0 Å². The highest BCUT2D eigenvalue weighted by Crippen LogP contribution is 1.84. The predicted octanol–water partition coefficient (Wildman–Crippen LogP) is -1.12. The van der Waals surface area contributed by atoms with Crippen molar-refractivity contribution in [3.05, 3.63) is 0 Å². The topological polar surface area (TPSA) is 67.4 Å². The van der Waals surface area contributed by atoms with E-state index in [-0.39, 0.29) is 12.5 Å². The van der Waals surface area contributed by atoms with E-state index in [4.69, 9.17) is 0 Å². The second-order valence-corrected chi connectivity index (χ2v) is 2.34. The number of rotatable bonds is 4. The van der Waals surface area contributed by atoms with Gasteiger partial charge in [-0.15, -0.1) is 0 Å². The summed E-state index contributed by atoms with van der Waals surface area (Å²) >= 11 is 0. The molecule has 12 heavy (non-hydrogen) atoms. The van der Waals surface area contributed by atoms with Crippen molar-refractivity contribution in [2.45, 2.75) is 13.0 Å². The van der Waals surface area contributed by atoms with Crippen LogP contribution in [0, 0.1) is 0 Å². The minimum Gasteiger partial charge on any atom is -0.467 e. The SMILES string of the molecule is CNCC(=O)N[C@@H](C)C(=O)OC. The molecule has 0 saturated heterocycles. The van der Waals surface area contributed by atoms with Crippen LogP contribution in [0.15, 0.2) is 0 Å². The van der Waals surface area contributed by atoms with E-state index < -0.39 is 12.0 Å². The molecular formula is C7H14N2O3. The van der Waals surface area contributed by atoms with Gasteiger partial charge in [0.05, 0.1) is 13.7 Å². The Morgan fingerprint density at radius 1 is 1.50 bits per heavy atom. The average molecular weight is 174 g/mol. The van der Waals surface area contributed by atoms with Crippen molar-refractivity contribution in [2.75, 3.05) is 20.7 Å². The van der Waals surface area contributed by atoms with Crippen LogP contribution in [0.25, 0.3) is 0 Å². The quantitative estimate of drug-likeness (QED) is 0.530. The first-order chi connectivity index (χ1) is 5.61. The third-order valence-corrected chi connectivity index (χ3v) is 1.27. The molecule has 0 aliphatic heterocycles. The average Bonchev–Trinajstić information content (AvgIpc) is 2.03. The van der Waals surface area contributed by atoms with E-state index in [1.165, 1.54) is 7.11 Å². The number of methoxy groups -OCH3 is 1. The Labute approximate surface area is 71.5 Å². The van der Waals surface area contributed by atoms with E-state index in [2.05, 4.69) is 15.4 Å². The molecule has 5 heteroatoms. The van der Waals surface area contributed by atoms with Crippen LogP contribution in [0.3, 0.4) is 0 Å². The molecule has 0 unspecified atom stereocenters. The first kappa shape index (κ1) is 10.9. The normalized spacial score (nSPS) is 11.9. The Morgan fingerprint density at radius 2 is 2.08 bits per heavy atom. The van der Waals surface area contributed by atoms with Gasteiger partial charge in [0.15, 0.2) is 0 Å². The Kier molecular flexibility index (Phi) is 5.03. The number of hydrogen-bond acceptors (Lipinski definition) is 4. The van der Waals surface area contributed by atoms with Gasteiger partial charge in [-0.2, -0.15) is 0 Å². The van der Waals surface area contributed by atoms with Gasteiger partial charge >= 0.3 is 5.97 Å². The maximum atomic E-state index is 10.9. The van der Waals surface area contributed by atoms with Gasteiger partial charge < -0.3 is 15.4 Å². The van der Waals surface area contributed by atoms with Gasteiger partial charge in [-0.25, -0.2) is 4.79 Å². The number of ether oxygens (including phenoxy) is 1. The van der Waals surface area contributed by atoms with Crippen molar-refractivity contribution in [1.29, 1.82) is 0 Å². The van der Waals surface area contributed by atoms with Crippen molar-refractivity contribution in [3.63, 3.8) is 0 Å². The van der Waals surface area contributed by atoms with E-state index in [0.717, 1.165) is 0 Å². The zero-order valence-electron chi connectivity index (χ0n) is 7.51. The summed E-state index contributed by atoms with van der Waals surface area (Å²) in [7, 11) is 2.94. The Morgan fingerprint density at radius 3 is 2.50 bits per heavy atom. The molecule has 70 valence electrons. The summed E-state index contributed by atoms with van der Waals surface area (Å²) in [6, 6.07) is -0.587. The highest BCUT2D eigenvalue weighted by Gasteiger charge is 2.14. The molecule has 0 radical (unpaired) electrons. The third-order valence-electron chi connectivity index (χ3n) is 1.27. The minimum atomic E-state index is -0.587. The van der Waals surface area contributed by atoms with Gasteiger partial charge in [0.25, 0.3) is 0 Å². The molecule has 5 nitrogen and oxygen atoms in total. The standard InChI is InChI=1S/C7H14N2O3/c1-5(7(11)12-3)9-6(10)4-8-2/h5,8H,4H2,1-3H3,(H,9,10)/t5-/m0/s1. The number of likely N-dealkylation sites (N-methyl/N-ethyl adjacent to an activating group) is 1. The highest BCUT2D eigenvalue weighted by atomic mass is 16.5. The molecule has 0 aliphatic rings. The van der Waals surface area contributed by atoms with Crippen LogP contribution in [0.2, 0.25) is 0 Å². The molecule has 0 saturated carbocycles. The van der Waals surface area contributed by atoms with Crippen LogP contribution in [-0.4, -0.2) is 38.6 Å². The molecule has 0 rings (SSSR count). The fourth-order valence-electron chi connectivity index (χ4n) is 0.689. The van der Waals surface area contributed by atoms with Crippen molar-refractivity contribution in [2.24, 2.45) is 0 Å². The zero-order chi connectivity index (χ0) is 9.56. The van der Waals surface area contributed by atoms with E-state index in [1.807, 2.05) is 0 Å².